The van der Waals surface area contributed by atoms with E-state index in [0.717, 1.165) is 24.2 Å². The summed E-state index contributed by atoms with van der Waals surface area (Å²) in [5, 5.41) is 2.97. The number of rotatable bonds is 8. The minimum atomic E-state index is -0.191. The average Bonchev–Trinajstić information content (AvgIpc) is 3.02. The van der Waals surface area contributed by atoms with Gasteiger partial charge in [-0.25, -0.2) is 4.98 Å². The number of fused-ring (bicyclic) bond motifs is 1. The van der Waals surface area contributed by atoms with Crippen molar-refractivity contribution in [1.82, 2.24) is 9.38 Å². The largest absolute Gasteiger partial charge is 0.490 e. The van der Waals surface area contributed by atoms with Crippen LogP contribution in [0.25, 0.3) is 5.65 Å². The van der Waals surface area contributed by atoms with Gasteiger partial charge in [-0.2, -0.15) is 0 Å². The highest BCUT2D eigenvalue weighted by Crippen LogP contribution is 2.31. The van der Waals surface area contributed by atoms with E-state index >= 15 is 0 Å². The topological polar surface area (TPSA) is 64.9 Å². The Morgan fingerprint density at radius 1 is 1.07 bits per heavy atom. The lowest BCUT2D eigenvalue weighted by Crippen LogP contribution is -2.16. The lowest BCUT2D eigenvalue weighted by atomic mass is 10.2. The number of aryl methyl sites for hydroxylation is 1. The maximum atomic E-state index is 13.0. The number of hydrogen-bond acceptors (Lipinski definition) is 4. The van der Waals surface area contributed by atoms with Crippen LogP contribution < -0.4 is 14.8 Å². The number of carbonyl (C=O) groups is 1. The number of anilines is 1. The molecule has 1 amide bonds. The summed E-state index contributed by atoms with van der Waals surface area (Å²) in [6, 6.07) is 11.1. The molecule has 3 rings (SSSR count). The number of carbonyl (C=O) groups excluding carboxylic acids is 1. The molecule has 3 aromatic rings. The molecule has 1 N–H and O–H groups in total. The molecule has 0 spiro atoms. The molecule has 0 radical (unpaired) electrons. The molecular weight excluding hydrogens is 342 g/mol. The highest BCUT2D eigenvalue weighted by Gasteiger charge is 2.19. The fraction of sp³-hybridized carbons (Fsp3) is 0.333. The van der Waals surface area contributed by atoms with Crippen molar-refractivity contribution in [3.63, 3.8) is 0 Å². The summed E-state index contributed by atoms with van der Waals surface area (Å²) in [6.45, 7) is 6.98. The lowest BCUT2D eigenvalue weighted by molar-refractivity contribution is 0.102. The van der Waals surface area contributed by atoms with Gasteiger partial charge >= 0.3 is 0 Å². The van der Waals surface area contributed by atoms with Crippen molar-refractivity contribution < 1.29 is 14.3 Å². The Bertz CT molecular complexity index is 934. The Morgan fingerprint density at radius 2 is 1.85 bits per heavy atom. The van der Waals surface area contributed by atoms with Crippen LogP contribution in [-0.2, 0) is 6.42 Å². The zero-order chi connectivity index (χ0) is 19.2. The van der Waals surface area contributed by atoms with Gasteiger partial charge in [-0.15, -0.1) is 0 Å². The van der Waals surface area contributed by atoms with Gasteiger partial charge in [0.15, 0.2) is 11.5 Å². The summed E-state index contributed by atoms with van der Waals surface area (Å²) in [4.78, 5) is 17.6. The van der Waals surface area contributed by atoms with E-state index in [1.807, 2.05) is 54.8 Å². The summed E-state index contributed by atoms with van der Waals surface area (Å²) < 4.78 is 13.1. The molecule has 0 aliphatic heterocycles. The standard InChI is InChI=1S/C21H25N3O3/c1-4-9-16-20(24-13-8-7-10-19(24)23-16)21(25)22-15-11-12-17(26-5-2)18(14-15)27-6-3/h7-8,10-14H,4-6,9H2,1-3H3,(H,22,25). The molecule has 0 saturated carbocycles. The first-order chi connectivity index (χ1) is 13.2. The normalized spacial score (nSPS) is 10.8. The van der Waals surface area contributed by atoms with E-state index in [9.17, 15) is 4.79 Å². The molecule has 6 heteroatoms. The number of nitrogens with zero attached hydrogens (tertiary/aromatic N) is 2. The van der Waals surface area contributed by atoms with E-state index in [1.165, 1.54) is 0 Å². The maximum absolute atomic E-state index is 13.0. The predicted octanol–water partition coefficient (Wildman–Crippen LogP) is 4.34. The third-order valence-corrected chi connectivity index (χ3v) is 4.11. The van der Waals surface area contributed by atoms with Gasteiger partial charge in [0, 0.05) is 18.0 Å². The molecule has 0 bridgehead atoms. The van der Waals surface area contributed by atoms with Crippen LogP contribution >= 0.6 is 0 Å². The van der Waals surface area contributed by atoms with Gasteiger partial charge in [0.25, 0.3) is 5.91 Å². The van der Waals surface area contributed by atoms with Crippen LogP contribution in [0.3, 0.4) is 0 Å². The Morgan fingerprint density at radius 3 is 2.59 bits per heavy atom. The van der Waals surface area contributed by atoms with E-state index < -0.39 is 0 Å². The van der Waals surface area contributed by atoms with Gasteiger partial charge in [-0.1, -0.05) is 19.4 Å². The number of aromatic nitrogens is 2. The number of imidazole rings is 1. The minimum Gasteiger partial charge on any atom is -0.490 e. The third-order valence-electron chi connectivity index (χ3n) is 4.11. The minimum absolute atomic E-state index is 0.191. The van der Waals surface area contributed by atoms with E-state index in [4.69, 9.17) is 9.47 Å². The monoisotopic (exact) mass is 367 g/mol. The van der Waals surface area contributed by atoms with Crippen molar-refractivity contribution in [2.24, 2.45) is 0 Å². The number of amides is 1. The highest BCUT2D eigenvalue weighted by atomic mass is 16.5. The summed E-state index contributed by atoms with van der Waals surface area (Å²) in [5.74, 6) is 1.09. The number of benzene rings is 1. The maximum Gasteiger partial charge on any atom is 0.274 e. The molecule has 142 valence electrons. The Labute approximate surface area is 159 Å². The number of hydrogen-bond donors (Lipinski definition) is 1. The fourth-order valence-corrected chi connectivity index (χ4v) is 3.02. The molecule has 27 heavy (non-hydrogen) atoms. The van der Waals surface area contributed by atoms with E-state index in [-0.39, 0.29) is 5.91 Å². The first-order valence-corrected chi connectivity index (χ1v) is 9.34. The zero-order valence-corrected chi connectivity index (χ0v) is 16.0. The molecule has 2 aromatic heterocycles. The fourth-order valence-electron chi connectivity index (χ4n) is 3.02. The Balaban J connectivity index is 1.92. The predicted molar refractivity (Wildman–Crippen MR) is 106 cm³/mol. The van der Waals surface area contributed by atoms with E-state index in [0.29, 0.717) is 36.1 Å². The first kappa shape index (κ1) is 18.8. The van der Waals surface area contributed by atoms with Crippen molar-refractivity contribution in [2.45, 2.75) is 33.6 Å². The average molecular weight is 367 g/mol. The molecule has 0 saturated heterocycles. The van der Waals surface area contributed by atoms with Crippen LogP contribution in [0.2, 0.25) is 0 Å². The van der Waals surface area contributed by atoms with Crippen LogP contribution in [-0.4, -0.2) is 28.5 Å². The van der Waals surface area contributed by atoms with Gasteiger partial charge in [0.05, 0.1) is 18.9 Å². The zero-order valence-electron chi connectivity index (χ0n) is 16.0. The molecular formula is C21H25N3O3. The van der Waals surface area contributed by atoms with Crippen molar-refractivity contribution in [3.8, 4) is 11.5 Å². The smallest absolute Gasteiger partial charge is 0.274 e. The number of nitrogens with one attached hydrogen (secondary N) is 1. The molecule has 2 heterocycles. The molecule has 0 atom stereocenters. The quantitative estimate of drug-likeness (QED) is 0.643. The van der Waals surface area contributed by atoms with E-state index in [2.05, 4.69) is 17.2 Å². The van der Waals surface area contributed by atoms with Gasteiger partial charge in [-0.3, -0.25) is 9.20 Å². The Kier molecular flexibility index (Phi) is 5.96. The van der Waals surface area contributed by atoms with Crippen molar-refractivity contribution in [2.75, 3.05) is 18.5 Å². The van der Waals surface area contributed by atoms with Gasteiger partial charge < -0.3 is 14.8 Å². The van der Waals surface area contributed by atoms with Gasteiger partial charge in [0.1, 0.15) is 11.3 Å². The third kappa shape index (κ3) is 4.05. The summed E-state index contributed by atoms with van der Waals surface area (Å²) in [6.07, 6.45) is 3.53. The first-order valence-electron chi connectivity index (χ1n) is 9.34. The number of pyridine rings is 1. The summed E-state index contributed by atoms with van der Waals surface area (Å²) in [5.41, 5.74) is 2.80. The second-order valence-electron chi connectivity index (χ2n) is 6.07. The van der Waals surface area contributed by atoms with Gasteiger partial charge in [0.2, 0.25) is 0 Å². The van der Waals surface area contributed by atoms with Crippen molar-refractivity contribution in [1.29, 1.82) is 0 Å². The molecule has 0 fully saturated rings. The second kappa shape index (κ2) is 8.58. The highest BCUT2D eigenvalue weighted by molar-refractivity contribution is 6.04. The van der Waals surface area contributed by atoms with Crippen LogP contribution in [0.15, 0.2) is 42.6 Å². The van der Waals surface area contributed by atoms with Crippen molar-refractivity contribution >= 4 is 17.2 Å². The second-order valence-corrected chi connectivity index (χ2v) is 6.07. The van der Waals surface area contributed by atoms with Crippen LogP contribution in [0.5, 0.6) is 11.5 Å². The lowest BCUT2D eigenvalue weighted by Gasteiger charge is -2.13. The van der Waals surface area contributed by atoms with Gasteiger partial charge in [-0.05, 0) is 44.5 Å². The van der Waals surface area contributed by atoms with E-state index in [1.54, 1.807) is 6.07 Å². The molecule has 0 aliphatic rings. The molecule has 0 aliphatic carbocycles. The SMILES string of the molecule is CCCc1nc2ccccn2c1C(=O)Nc1ccc(OCC)c(OCC)c1. The molecule has 1 aromatic carbocycles. The summed E-state index contributed by atoms with van der Waals surface area (Å²) >= 11 is 0. The Hall–Kier alpha value is -3.02. The molecule has 6 nitrogen and oxygen atoms in total. The van der Waals surface area contributed by atoms with Crippen molar-refractivity contribution in [3.05, 3.63) is 54.0 Å². The van der Waals surface area contributed by atoms with Crippen LogP contribution in [0, 0.1) is 0 Å². The van der Waals surface area contributed by atoms with Crippen LogP contribution in [0.4, 0.5) is 5.69 Å². The molecule has 0 unspecified atom stereocenters. The number of ether oxygens (including phenoxy) is 2. The van der Waals surface area contributed by atoms with Crippen LogP contribution in [0.1, 0.15) is 43.4 Å². The summed E-state index contributed by atoms with van der Waals surface area (Å²) in [7, 11) is 0.